The lowest BCUT2D eigenvalue weighted by molar-refractivity contribution is -0.140. The maximum Gasteiger partial charge on any atom is 0.327 e. The first-order valence-electron chi connectivity index (χ1n) is 8.28. The molecule has 0 aliphatic carbocycles. The van der Waals surface area contributed by atoms with Crippen LogP contribution in [0.15, 0.2) is 0 Å². The topological polar surface area (TPSA) is 153 Å². The monoisotopic (exact) mass is 390 g/mol. The van der Waals surface area contributed by atoms with Crippen LogP contribution in [-0.4, -0.2) is 67.8 Å². The van der Waals surface area contributed by atoms with Gasteiger partial charge in [-0.25, -0.2) is 4.79 Å². The van der Waals surface area contributed by atoms with E-state index in [2.05, 4.69) is 10.6 Å². The summed E-state index contributed by atoms with van der Waals surface area (Å²) < 4.78 is 0. The second-order valence-electron chi connectivity index (χ2n) is 6.93. The van der Waals surface area contributed by atoms with Gasteiger partial charge >= 0.3 is 5.97 Å². The number of carboxylic acid groups (broad SMARTS) is 1. The van der Waals surface area contributed by atoms with Crippen LogP contribution in [0.25, 0.3) is 0 Å². The normalized spacial score (nSPS) is 27.7. The Bertz CT molecular complexity index is 583. The molecule has 1 saturated heterocycles. The van der Waals surface area contributed by atoms with E-state index in [1.807, 2.05) is 13.8 Å². The van der Waals surface area contributed by atoms with E-state index in [-0.39, 0.29) is 18.1 Å². The molecule has 0 aromatic heterocycles. The highest BCUT2D eigenvalue weighted by atomic mass is 32.2. The molecule has 10 heteroatoms. The zero-order valence-corrected chi connectivity index (χ0v) is 16.0. The molecule has 0 saturated carbocycles. The van der Waals surface area contributed by atoms with Gasteiger partial charge in [0.15, 0.2) is 5.54 Å². The number of aliphatic hydroxyl groups excluding tert-OH is 2. The molecule has 0 aromatic rings. The molecule has 26 heavy (non-hydrogen) atoms. The number of aliphatic carboxylic acids is 1. The van der Waals surface area contributed by atoms with Gasteiger partial charge in [0.25, 0.3) is 0 Å². The lowest BCUT2D eigenvalue weighted by atomic mass is 9.82. The number of carbonyl (C=O) groups is 4. The molecule has 2 amide bonds. The molecule has 1 aliphatic rings. The van der Waals surface area contributed by atoms with Gasteiger partial charge in [-0.2, -0.15) is 0 Å². The molecule has 1 rings (SSSR count). The van der Waals surface area contributed by atoms with Gasteiger partial charge in [-0.15, -0.1) is 0 Å². The summed E-state index contributed by atoms with van der Waals surface area (Å²) in [6, 6.07) is -1.31. The SMILES string of the molecule is CC(=O)NC(CSC(=O)C1(C(O)CC(C)C)NC(=O)C(C)C1O)C(=O)O. The second kappa shape index (κ2) is 8.83. The molecule has 5 atom stereocenters. The van der Waals surface area contributed by atoms with E-state index in [0.29, 0.717) is 11.8 Å². The fourth-order valence-corrected chi connectivity index (χ4v) is 3.94. The Hall–Kier alpha value is -1.65. The van der Waals surface area contributed by atoms with Crippen LogP contribution in [0.5, 0.6) is 0 Å². The minimum atomic E-state index is -1.91. The molecule has 1 aliphatic heterocycles. The first kappa shape index (κ1) is 22.4. The zero-order valence-electron chi connectivity index (χ0n) is 15.2. The summed E-state index contributed by atoms with van der Waals surface area (Å²) in [5, 5.41) is 34.1. The van der Waals surface area contributed by atoms with Crippen molar-refractivity contribution < 1.29 is 34.5 Å². The third-order valence-corrected chi connectivity index (χ3v) is 5.40. The second-order valence-corrected chi connectivity index (χ2v) is 7.92. The maximum atomic E-state index is 12.8. The highest BCUT2D eigenvalue weighted by Gasteiger charge is 2.59. The number of hydrogen-bond acceptors (Lipinski definition) is 7. The van der Waals surface area contributed by atoms with Crippen molar-refractivity contribution in [1.29, 1.82) is 0 Å². The summed E-state index contributed by atoms with van der Waals surface area (Å²) in [7, 11) is 0. The van der Waals surface area contributed by atoms with Gasteiger partial charge in [0.1, 0.15) is 6.04 Å². The predicted octanol–water partition coefficient (Wildman–Crippen LogP) is -0.892. The average Bonchev–Trinajstić information content (AvgIpc) is 2.75. The number of carboxylic acids is 1. The summed E-state index contributed by atoms with van der Waals surface area (Å²) >= 11 is 0.545. The largest absolute Gasteiger partial charge is 0.480 e. The van der Waals surface area contributed by atoms with Crippen LogP contribution in [0.1, 0.15) is 34.1 Å². The van der Waals surface area contributed by atoms with Crippen molar-refractivity contribution in [2.45, 2.75) is 57.9 Å². The number of nitrogens with one attached hydrogen (secondary N) is 2. The Labute approximate surface area is 155 Å². The lowest BCUT2D eigenvalue weighted by Gasteiger charge is -2.36. The van der Waals surface area contributed by atoms with E-state index >= 15 is 0 Å². The van der Waals surface area contributed by atoms with E-state index in [0.717, 1.165) is 6.92 Å². The number of rotatable bonds is 8. The van der Waals surface area contributed by atoms with E-state index in [4.69, 9.17) is 5.11 Å². The van der Waals surface area contributed by atoms with E-state index in [9.17, 15) is 29.4 Å². The molecule has 5 unspecified atom stereocenters. The zero-order chi connectivity index (χ0) is 20.2. The molecular formula is C16H26N2O7S. The highest BCUT2D eigenvalue weighted by molar-refractivity contribution is 8.13. The summed E-state index contributed by atoms with van der Waals surface area (Å²) in [6.45, 7) is 6.23. The third kappa shape index (κ3) is 4.74. The van der Waals surface area contributed by atoms with Crippen molar-refractivity contribution in [1.82, 2.24) is 10.6 Å². The molecule has 0 radical (unpaired) electrons. The molecule has 0 bridgehead atoms. The predicted molar refractivity (Wildman–Crippen MR) is 94.2 cm³/mol. The Balaban J connectivity index is 3.04. The van der Waals surface area contributed by atoms with Crippen LogP contribution in [-0.2, 0) is 19.2 Å². The summed E-state index contributed by atoms with van der Waals surface area (Å²) in [4.78, 5) is 47.1. The van der Waals surface area contributed by atoms with Crippen molar-refractivity contribution in [2.75, 3.05) is 5.75 Å². The smallest absolute Gasteiger partial charge is 0.327 e. The molecule has 148 valence electrons. The minimum absolute atomic E-state index is 0.00849. The standard InChI is InChI=1S/C16H26N2O7S/c1-7(2)5-11(20)16(12(21)8(3)13(22)18-16)15(25)26-6-10(14(23)24)17-9(4)19/h7-8,10-12,20-21H,5-6H2,1-4H3,(H,17,19)(H,18,22)(H,23,24). The van der Waals surface area contributed by atoms with Crippen LogP contribution in [0.3, 0.4) is 0 Å². The van der Waals surface area contributed by atoms with Gasteiger partial charge in [0.2, 0.25) is 16.9 Å². The van der Waals surface area contributed by atoms with Crippen molar-refractivity contribution in [2.24, 2.45) is 11.8 Å². The van der Waals surface area contributed by atoms with Gasteiger partial charge in [-0.3, -0.25) is 14.4 Å². The van der Waals surface area contributed by atoms with Gasteiger partial charge in [0, 0.05) is 12.7 Å². The van der Waals surface area contributed by atoms with Crippen molar-refractivity contribution in [3.63, 3.8) is 0 Å². The van der Waals surface area contributed by atoms with E-state index in [1.165, 1.54) is 6.92 Å². The highest BCUT2D eigenvalue weighted by Crippen LogP contribution is 2.35. The Kier molecular flexibility index (Phi) is 7.60. The number of aliphatic hydroxyl groups is 2. The van der Waals surface area contributed by atoms with Gasteiger partial charge in [0.05, 0.1) is 18.1 Å². The Morgan fingerprint density at radius 1 is 1.35 bits per heavy atom. The quantitative estimate of drug-likeness (QED) is 0.358. The molecule has 5 N–H and O–H groups in total. The number of thioether (sulfide) groups is 1. The van der Waals surface area contributed by atoms with Gasteiger partial charge in [-0.05, 0) is 12.3 Å². The lowest BCUT2D eigenvalue weighted by Crippen LogP contribution is -2.63. The molecule has 9 nitrogen and oxygen atoms in total. The average molecular weight is 390 g/mol. The summed E-state index contributed by atoms with van der Waals surface area (Å²) in [5.41, 5.74) is -1.91. The van der Waals surface area contributed by atoms with Gasteiger partial charge in [-0.1, -0.05) is 32.5 Å². The molecule has 0 aromatic carbocycles. The van der Waals surface area contributed by atoms with Crippen LogP contribution >= 0.6 is 11.8 Å². The first-order valence-corrected chi connectivity index (χ1v) is 9.27. The number of amides is 2. The van der Waals surface area contributed by atoms with Crippen LogP contribution in [0.2, 0.25) is 0 Å². The van der Waals surface area contributed by atoms with Gasteiger partial charge < -0.3 is 26.0 Å². The summed E-state index contributed by atoms with van der Waals surface area (Å²) in [6.07, 6.45) is -2.63. The Morgan fingerprint density at radius 3 is 2.31 bits per heavy atom. The Morgan fingerprint density at radius 2 is 1.92 bits per heavy atom. The number of carbonyl (C=O) groups excluding carboxylic acids is 3. The maximum absolute atomic E-state index is 12.8. The van der Waals surface area contributed by atoms with E-state index in [1.54, 1.807) is 0 Å². The molecular weight excluding hydrogens is 364 g/mol. The fourth-order valence-electron chi connectivity index (χ4n) is 2.85. The van der Waals surface area contributed by atoms with Crippen molar-refractivity contribution in [3.8, 4) is 0 Å². The minimum Gasteiger partial charge on any atom is -0.480 e. The third-order valence-electron chi connectivity index (χ3n) is 4.30. The fraction of sp³-hybridized carbons (Fsp3) is 0.750. The first-order chi connectivity index (χ1) is 11.9. The van der Waals surface area contributed by atoms with Crippen molar-refractivity contribution in [3.05, 3.63) is 0 Å². The summed E-state index contributed by atoms with van der Waals surface area (Å²) in [5.74, 6) is -3.66. The van der Waals surface area contributed by atoms with Crippen LogP contribution in [0, 0.1) is 11.8 Å². The molecule has 1 heterocycles. The molecule has 1 fully saturated rings. The molecule has 0 spiro atoms. The van der Waals surface area contributed by atoms with Crippen LogP contribution < -0.4 is 10.6 Å². The number of hydrogen-bond donors (Lipinski definition) is 5. The van der Waals surface area contributed by atoms with Crippen molar-refractivity contribution >= 4 is 34.7 Å². The van der Waals surface area contributed by atoms with Crippen LogP contribution in [0.4, 0.5) is 0 Å². The van der Waals surface area contributed by atoms with E-state index < -0.39 is 52.6 Å².